The van der Waals surface area contributed by atoms with Crippen molar-refractivity contribution in [1.29, 1.82) is 0 Å². The van der Waals surface area contributed by atoms with Crippen molar-refractivity contribution < 1.29 is 19.4 Å². The number of carbonyl (C=O) groups is 2. The molecule has 0 radical (unpaired) electrons. The summed E-state index contributed by atoms with van der Waals surface area (Å²) in [6, 6.07) is 7.95. The van der Waals surface area contributed by atoms with Gasteiger partial charge in [0.2, 0.25) is 5.91 Å². The van der Waals surface area contributed by atoms with E-state index in [1.165, 1.54) is 5.56 Å². The van der Waals surface area contributed by atoms with Gasteiger partial charge in [0.25, 0.3) is 0 Å². The standard InChI is InChI=1S/C16H21NO4/c1-16(2,15(19)20)10-17-14(18)9-13-12-6-4-3-5-11(12)7-8-21-13/h3-6,13H,7-10H2,1-2H3,(H,17,18)(H,19,20). The summed E-state index contributed by atoms with van der Waals surface area (Å²) in [5.41, 5.74) is 1.30. The number of hydrogen-bond donors (Lipinski definition) is 2. The number of carboxylic acid groups (broad SMARTS) is 1. The first-order valence-electron chi connectivity index (χ1n) is 7.09. The van der Waals surface area contributed by atoms with Crippen LogP contribution in [0.5, 0.6) is 0 Å². The fourth-order valence-electron chi connectivity index (χ4n) is 2.28. The molecule has 2 rings (SSSR count). The van der Waals surface area contributed by atoms with Gasteiger partial charge in [-0.05, 0) is 31.4 Å². The molecule has 1 aromatic carbocycles. The van der Waals surface area contributed by atoms with E-state index in [4.69, 9.17) is 9.84 Å². The van der Waals surface area contributed by atoms with Gasteiger partial charge in [-0.1, -0.05) is 24.3 Å². The van der Waals surface area contributed by atoms with Crippen LogP contribution in [-0.2, 0) is 20.7 Å². The zero-order valence-electron chi connectivity index (χ0n) is 12.4. The molecular formula is C16H21NO4. The molecule has 1 unspecified atom stereocenters. The highest BCUT2D eigenvalue weighted by Crippen LogP contribution is 2.29. The molecule has 5 heteroatoms. The summed E-state index contributed by atoms with van der Waals surface area (Å²) in [6.07, 6.45) is 0.829. The lowest BCUT2D eigenvalue weighted by atomic mass is 9.93. The summed E-state index contributed by atoms with van der Waals surface area (Å²) in [6.45, 7) is 3.88. The number of carbonyl (C=O) groups excluding carboxylic acids is 1. The monoisotopic (exact) mass is 291 g/mol. The maximum absolute atomic E-state index is 12.0. The zero-order chi connectivity index (χ0) is 15.5. The molecule has 1 heterocycles. The van der Waals surface area contributed by atoms with E-state index < -0.39 is 11.4 Å². The van der Waals surface area contributed by atoms with E-state index in [0.717, 1.165) is 12.0 Å². The molecule has 0 fully saturated rings. The van der Waals surface area contributed by atoms with Crippen LogP contribution in [0.1, 0.15) is 37.5 Å². The minimum absolute atomic E-state index is 0.107. The Hall–Kier alpha value is -1.88. The van der Waals surface area contributed by atoms with Crippen LogP contribution in [0.3, 0.4) is 0 Å². The molecule has 0 bridgehead atoms. The fourth-order valence-corrected chi connectivity index (χ4v) is 2.28. The van der Waals surface area contributed by atoms with E-state index >= 15 is 0 Å². The first-order valence-corrected chi connectivity index (χ1v) is 7.09. The average Bonchev–Trinajstić information content (AvgIpc) is 2.45. The van der Waals surface area contributed by atoms with Gasteiger partial charge in [-0.25, -0.2) is 0 Å². The summed E-state index contributed by atoms with van der Waals surface area (Å²) < 4.78 is 5.68. The van der Waals surface area contributed by atoms with Crippen LogP contribution in [0, 0.1) is 5.41 Å². The predicted molar refractivity (Wildman–Crippen MR) is 77.9 cm³/mol. The van der Waals surface area contributed by atoms with Crippen LogP contribution in [0.25, 0.3) is 0 Å². The van der Waals surface area contributed by atoms with Gasteiger partial charge in [-0.15, -0.1) is 0 Å². The lowest BCUT2D eigenvalue weighted by Gasteiger charge is -2.26. The Bertz CT molecular complexity index is 539. The molecular weight excluding hydrogens is 270 g/mol. The van der Waals surface area contributed by atoms with Crippen molar-refractivity contribution in [3.05, 3.63) is 35.4 Å². The smallest absolute Gasteiger partial charge is 0.310 e. The molecule has 0 saturated carbocycles. The molecule has 0 aliphatic carbocycles. The molecule has 1 atom stereocenters. The maximum Gasteiger partial charge on any atom is 0.310 e. The largest absolute Gasteiger partial charge is 0.481 e. The maximum atomic E-state index is 12.0. The van der Waals surface area contributed by atoms with Crippen LogP contribution in [0.15, 0.2) is 24.3 Å². The topological polar surface area (TPSA) is 75.6 Å². The number of hydrogen-bond acceptors (Lipinski definition) is 3. The number of ether oxygens (including phenoxy) is 1. The van der Waals surface area contributed by atoms with Crippen molar-refractivity contribution in [2.24, 2.45) is 5.41 Å². The van der Waals surface area contributed by atoms with Gasteiger partial charge in [0.15, 0.2) is 0 Å². The average molecular weight is 291 g/mol. The van der Waals surface area contributed by atoms with Crippen molar-refractivity contribution in [1.82, 2.24) is 5.32 Å². The second-order valence-electron chi connectivity index (χ2n) is 5.98. The predicted octanol–water partition coefficient (Wildman–Crippen LogP) is 1.92. The number of fused-ring (bicyclic) bond motifs is 1. The third-order valence-electron chi connectivity index (χ3n) is 3.77. The van der Waals surface area contributed by atoms with Gasteiger partial charge < -0.3 is 15.2 Å². The summed E-state index contributed by atoms with van der Waals surface area (Å²) in [7, 11) is 0. The molecule has 1 amide bonds. The molecule has 2 N–H and O–H groups in total. The van der Waals surface area contributed by atoms with Gasteiger partial charge >= 0.3 is 5.97 Å². The lowest BCUT2D eigenvalue weighted by molar-refractivity contribution is -0.146. The Morgan fingerprint density at radius 2 is 2.10 bits per heavy atom. The second-order valence-corrected chi connectivity index (χ2v) is 5.98. The number of benzene rings is 1. The molecule has 1 aromatic rings. The first kappa shape index (κ1) is 15.5. The van der Waals surface area contributed by atoms with Gasteiger partial charge in [0.1, 0.15) is 0 Å². The van der Waals surface area contributed by atoms with Crippen molar-refractivity contribution in [2.75, 3.05) is 13.2 Å². The zero-order valence-corrected chi connectivity index (χ0v) is 12.4. The molecule has 1 aliphatic rings. The molecule has 0 saturated heterocycles. The van der Waals surface area contributed by atoms with Crippen LogP contribution < -0.4 is 5.32 Å². The highest BCUT2D eigenvalue weighted by atomic mass is 16.5. The molecule has 114 valence electrons. The lowest BCUT2D eigenvalue weighted by Crippen LogP contribution is -2.39. The van der Waals surface area contributed by atoms with E-state index in [-0.39, 0.29) is 25.0 Å². The highest BCUT2D eigenvalue weighted by Gasteiger charge is 2.29. The van der Waals surface area contributed by atoms with Crippen molar-refractivity contribution in [2.45, 2.75) is 32.8 Å². The molecule has 5 nitrogen and oxygen atoms in total. The SMILES string of the molecule is CC(C)(CNC(=O)CC1OCCc2ccccc21)C(=O)O. The number of aliphatic carboxylic acids is 1. The summed E-state index contributed by atoms with van der Waals surface area (Å²) in [4.78, 5) is 23.0. The van der Waals surface area contributed by atoms with Crippen LogP contribution in [-0.4, -0.2) is 30.1 Å². The number of nitrogens with one attached hydrogen (secondary N) is 1. The minimum Gasteiger partial charge on any atom is -0.481 e. The van der Waals surface area contributed by atoms with E-state index in [2.05, 4.69) is 11.4 Å². The number of amides is 1. The van der Waals surface area contributed by atoms with Gasteiger partial charge in [0, 0.05) is 6.54 Å². The van der Waals surface area contributed by atoms with Gasteiger partial charge in [-0.2, -0.15) is 0 Å². The molecule has 21 heavy (non-hydrogen) atoms. The van der Waals surface area contributed by atoms with E-state index in [1.54, 1.807) is 13.8 Å². The summed E-state index contributed by atoms with van der Waals surface area (Å²) in [5, 5.41) is 11.7. The summed E-state index contributed by atoms with van der Waals surface area (Å²) >= 11 is 0. The molecule has 0 spiro atoms. The highest BCUT2D eigenvalue weighted by molar-refractivity contribution is 5.79. The van der Waals surface area contributed by atoms with Crippen LogP contribution in [0.2, 0.25) is 0 Å². The quantitative estimate of drug-likeness (QED) is 0.869. The van der Waals surface area contributed by atoms with E-state index in [1.807, 2.05) is 18.2 Å². The van der Waals surface area contributed by atoms with Crippen molar-refractivity contribution >= 4 is 11.9 Å². The molecule has 0 aromatic heterocycles. The second kappa shape index (κ2) is 6.26. The Morgan fingerprint density at radius 3 is 2.81 bits per heavy atom. The Morgan fingerprint density at radius 1 is 1.38 bits per heavy atom. The fraction of sp³-hybridized carbons (Fsp3) is 0.500. The van der Waals surface area contributed by atoms with E-state index in [9.17, 15) is 9.59 Å². The van der Waals surface area contributed by atoms with Gasteiger partial charge in [0.05, 0.1) is 24.5 Å². The van der Waals surface area contributed by atoms with E-state index in [0.29, 0.717) is 6.61 Å². The third-order valence-corrected chi connectivity index (χ3v) is 3.77. The Labute approximate surface area is 124 Å². The minimum atomic E-state index is -0.971. The Kier molecular flexibility index (Phi) is 4.63. The Balaban J connectivity index is 1.94. The van der Waals surface area contributed by atoms with Crippen LogP contribution >= 0.6 is 0 Å². The van der Waals surface area contributed by atoms with Crippen molar-refractivity contribution in [3.63, 3.8) is 0 Å². The van der Waals surface area contributed by atoms with Crippen molar-refractivity contribution in [3.8, 4) is 0 Å². The number of rotatable bonds is 5. The normalized spacial score (nSPS) is 17.9. The van der Waals surface area contributed by atoms with Crippen LogP contribution in [0.4, 0.5) is 0 Å². The first-order chi connectivity index (χ1) is 9.90. The third kappa shape index (κ3) is 3.82. The number of carboxylic acids is 1. The summed E-state index contributed by atoms with van der Waals surface area (Å²) in [5.74, 6) is -1.12. The molecule has 1 aliphatic heterocycles. The van der Waals surface area contributed by atoms with Gasteiger partial charge in [-0.3, -0.25) is 9.59 Å².